The summed E-state index contributed by atoms with van der Waals surface area (Å²) in [6.07, 6.45) is 0. The highest BCUT2D eigenvalue weighted by atomic mass is 35.5. The van der Waals surface area contributed by atoms with E-state index in [0.29, 0.717) is 28.1 Å². The number of amides is 1. The van der Waals surface area contributed by atoms with Crippen molar-refractivity contribution >= 4 is 35.8 Å². The molecule has 2 aromatic carbocycles. The van der Waals surface area contributed by atoms with Gasteiger partial charge in [0.25, 0.3) is 5.91 Å². The molecule has 9 heteroatoms. The molecule has 0 heterocycles. The molecule has 1 atom stereocenters. The van der Waals surface area contributed by atoms with Gasteiger partial charge in [0.2, 0.25) is 0 Å². The summed E-state index contributed by atoms with van der Waals surface area (Å²) in [5.74, 6) is -1.13. The number of amidine groups is 1. The number of halogens is 1. The number of ether oxygens (including phenoxy) is 1. The van der Waals surface area contributed by atoms with Crippen molar-refractivity contribution in [3.8, 4) is 5.75 Å². The van der Waals surface area contributed by atoms with Crippen LogP contribution in [0.4, 0.5) is 5.69 Å². The number of primary amides is 1. The van der Waals surface area contributed by atoms with Gasteiger partial charge in [-0.05, 0) is 65.9 Å². The number of carbonyl (C=O) groups excluding carboxylic acids is 1. The average Bonchev–Trinajstić information content (AvgIpc) is 2.64. The Kier molecular flexibility index (Phi) is 8.67. The predicted octanol–water partition coefficient (Wildman–Crippen LogP) is 2.93. The van der Waals surface area contributed by atoms with E-state index in [0.717, 1.165) is 5.56 Å². The summed E-state index contributed by atoms with van der Waals surface area (Å²) in [5.41, 5.74) is 13.8. The number of hydrogen-bond acceptors (Lipinski definition) is 5. The Morgan fingerprint density at radius 3 is 2.20 bits per heavy atom. The van der Waals surface area contributed by atoms with E-state index in [9.17, 15) is 14.7 Å². The molecule has 0 saturated carbocycles. The van der Waals surface area contributed by atoms with Crippen LogP contribution in [0.1, 0.15) is 48.1 Å². The summed E-state index contributed by atoms with van der Waals surface area (Å²) in [7, 11) is 0. The molecular weight excluding hydrogens is 408 g/mol. The minimum absolute atomic E-state index is 0. The van der Waals surface area contributed by atoms with E-state index in [1.165, 1.54) is 0 Å². The zero-order valence-electron chi connectivity index (χ0n) is 17.1. The normalized spacial score (nSPS) is 11.3. The van der Waals surface area contributed by atoms with Crippen molar-refractivity contribution in [3.05, 3.63) is 58.7 Å². The average molecular weight is 435 g/mol. The van der Waals surface area contributed by atoms with Crippen LogP contribution < -0.4 is 21.5 Å². The van der Waals surface area contributed by atoms with Gasteiger partial charge in [-0.1, -0.05) is 13.8 Å². The molecule has 0 radical (unpaired) electrons. The van der Waals surface area contributed by atoms with E-state index < -0.39 is 17.9 Å². The number of carbonyl (C=O) groups is 2. The number of aryl methyl sites for hydroxylation is 1. The van der Waals surface area contributed by atoms with E-state index in [4.69, 9.17) is 21.6 Å². The number of hydrogen-bond donors (Lipinski definition) is 5. The Hall–Kier alpha value is -3.26. The molecule has 0 aliphatic heterocycles. The third-order valence-corrected chi connectivity index (χ3v) is 4.46. The molecule has 1 amide bonds. The van der Waals surface area contributed by atoms with Crippen molar-refractivity contribution in [2.45, 2.75) is 32.7 Å². The fourth-order valence-electron chi connectivity index (χ4n) is 2.94. The van der Waals surface area contributed by atoms with Gasteiger partial charge in [-0.3, -0.25) is 10.2 Å². The molecule has 7 N–H and O–H groups in total. The lowest BCUT2D eigenvalue weighted by molar-refractivity contribution is -0.138. The first-order valence-electron chi connectivity index (χ1n) is 9.09. The van der Waals surface area contributed by atoms with Crippen LogP contribution in [0.3, 0.4) is 0 Å². The van der Waals surface area contributed by atoms with Crippen LogP contribution in [0, 0.1) is 12.3 Å². The van der Waals surface area contributed by atoms with Crippen molar-refractivity contribution < 1.29 is 19.4 Å². The maximum atomic E-state index is 12.0. The highest BCUT2D eigenvalue weighted by Crippen LogP contribution is 2.33. The first-order valence-corrected chi connectivity index (χ1v) is 9.09. The number of benzene rings is 2. The number of nitrogens with two attached hydrogens (primary N) is 2. The Morgan fingerprint density at radius 2 is 1.73 bits per heavy atom. The second-order valence-corrected chi connectivity index (χ2v) is 7.06. The van der Waals surface area contributed by atoms with Gasteiger partial charge in [0.05, 0.1) is 0 Å². The van der Waals surface area contributed by atoms with Gasteiger partial charge >= 0.3 is 5.97 Å². The van der Waals surface area contributed by atoms with Gasteiger partial charge in [0, 0.05) is 11.3 Å². The second-order valence-electron chi connectivity index (χ2n) is 7.06. The lowest BCUT2D eigenvalue weighted by Gasteiger charge is -2.22. The van der Waals surface area contributed by atoms with E-state index in [1.54, 1.807) is 43.3 Å². The first-order chi connectivity index (χ1) is 13.6. The first kappa shape index (κ1) is 24.8. The summed E-state index contributed by atoms with van der Waals surface area (Å²) < 4.78 is 5.52. The van der Waals surface area contributed by atoms with Crippen molar-refractivity contribution in [2.24, 2.45) is 11.5 Å². The molecular formula is C21H27ClN4O4. The van der Waals surface area contributed by atoms with Crippen molar-refractivity contribution in [3.63, 3.8) is 0 Å². The molecule has 0 fully saturated rings. The number of nitrogen functional groups attached to an aromatic ring is 1. The smallest absolute Gasteiger partial charge is 0.330 e. The Labute approximate surface area is 181 Å². The molecule has 0 aliphatic rings. The highest BCUT2D eigenvalue weighted by molar-refractivity contribution is 5.95. The number of rotatable bonds is 9. The van der Waals surface area contributed by atoms with Crippen LogP contribution in [0.15, 0.2) is 36.4 Å². The van der Waals surface area contributed by atoms with Gasteiger partial charge in [-0.15, -0.1) is 12.4 Å². The topological polar surface area (TPSA) is 152 Å². The van der Waals surface area contributed by atoms with Gasteiger partial charge in [-0.25, -0.2) is 4.79 Å². The molecule has 8 nitrogen and oxygen atoms in total. The van der Waals surface area contributed by atoms with Gasteiger partial charge in [0.15, 0.2) is 12.6 Å². The van der Waals surface area contributed by atoms with E-state index in [2.05, 4.69) is 5.32 Å². The summed E-state index contributed by atoms with van der Waals surface area (Å²) >= 11 is 0. The number of anilines is 1. The monoisotopic (exact) mass is 434 g/mol. The molecule has 2 aromatic rings. The fourth-order valence-corrected chi connectivity index (χ4v) is 2.94. The fraction of sp³-hybridized carbons (Fsp3) is 0.286. The zero-order valence-corrected chi connectivity index (χ0v) is 17.9. The zero-order chi connectivity index (χ0) is 21.7. The van der Waals surface area contributed by atoms with E-state index in [-0.39, 0.29) is 30.8 Å². The van der Waals surface area contributed by atoms with Gasteiger partial charge in [0.1, 0.15) is 11.6 Å². The Bertz CT molecular complexity index is 929. The molecule has 0 saturated heterocycles. The molecule has 30 heavy (non-hydrogen) atoms. The highest BCUT2D eigenvalue weighted by Gasteiger charge is 2.24. The number of carboxylic acid groups (broad SMARTS) is 1. The molecule has 0 aromatic heterocycles. The van der Waals surface area contributed by atoms with Gasteiger partial charge < -0.3 is 26.6 Å². The molecule has 1 unspecified atom stereocenters. The minimum Gasteiger partial charge on any atom is -0.483 e. The predicted molar refractivity (Wildman–Crippen MR) is 119 cm³/mol. The van der Waals surface area contributed by atoms with Crippen molar-refractivity contribution in [1.82, 2.24) is 0 Å². The third kappa shape index (κ3) is 6.12. The van der Waals surface area contributed by atoms with Crippen LogP contribution in [-0.4, -0.2) is 29.4 Å². The van der Waals surface area contributed by atoms with Crippen LogP contribution in [-0.2, 0) is 9.59 Å². The summed E-state index contributed by atoms with van der Waals surface area (Å²) in [4.78, 5) is 23.1. The molecule has 162 valence electrons. The van der Waals surface area contributed by atoms with Gasteiger partial charge in [-0.2, -0.15) is 0 Å². The quantitative estimate of drug-likeness (QED) is 0.302. The van der Waals surface area contributed by atoms with Crippen LogP contribution in [0.2, 0.25) is 0 Å². The standard InChI is InChI=1S/C21H26N4O4.ClH/c1-11(2)15-9-16(12(3)8-17(15)29-10-18(22)26)19(21(27)28)25-14-6-4-13(5-7-14)20(23)24;/h4-9,11,19,25H,10H2,1-3H3,(H2,22,26)(H3,23,24)(H,27,28);1H. The molecule has 0 aliphatic carbocycles. The van der Waals surface area contributed by atoms with E-state index >= 15 is 0 Å². The lowest BCUT2D eigenvalue weighted by Crippen LogP contribution is -2.23. The SMILES string of the molecule is Cc1cc(OCC(N)=O)c(C(C)C)cc1C(Nc1ccc(C(=N)N)cc1)C(=O)O.Cl. The summed E-state index contributed by atoms with van der Waals surface area (Å²) in [5, 5.41) is 20.3. The Balaban J connectivity index is 0.00000450. The number of nitrogens with one attached hydrogen (secondary N) is 2. The molecule has 0 bridgehead atoms. The summed E-state index contributed by atoms with van der Waals surface area (Å²) in [6, 6.07) is 9.16. The van der Waals surface area contributed by atoms with E-state index in [1.807, 2.05) is 13.8 Å². The number of carboxylic acids is 1. The Morgan fingerprint density at radius 1 is 1.13 bits per heavy atom. The number of aliphatic carboxylic acids is 1. The van der Waals surface area contributed by atoms with Crippen LogP contribution >= 0.6 is 12.4 Å². The maximum Gasteiger partial charge on any atom is 0.330 e. The van der Waals surface area contributed by atoms with Crippen molar-refractivity contribution in [1.29, 1.82) is 5.41 Å². The molecule has 0 spiro atoms. The lowest BCUT2D eigenvalue weighted by atomic mass is 9.92. The molecule has 2 rings (SSSR count). The summed E-state index contributed by atoms with van der Waals surface area (Å²) in [6.45, 7) is 5.44. The minimum atomic E-state index is -1.04. The van der Waals surface area contributed by atoms with Crippen LogP contribution in [0.5, 0.6) is 5.75 Å². The maximum absolute atomic E-state index is 12.0. The second kappa shape index (κ2) is 10.5. The third-order valence-electron chi connectivity index (χ3n) is 4.46. The van der Waals surface area contributed by atoms with Crippen LogP contribution in [0.25, 0.3) is 0 Å². The largest absolute Gasteiger partial charge is 0.483 e. The van der Waals surface area contributed by atoms with Crippen molar-refractivity contribution in [2.75, 3.05) is 11.9 Å².